The number of urea groups is 1. The predicted octanol–water partition coefficient (Wildman–Crippen LogP) is 3.44. The molecule has 2 aromatic rings. The van der Waals surface area contributed by atoms with Crippen LogP contribution in [0.25, 0.3) is 0 Å². The minimum absolute atomic E-state index is 0.287. The van der Waals surface area contributed by atoms with Crippen LogP contribution >= 0.6 is 0 Å². The fraction of sp³-hybridized carbons (Fsp3) is 0.176. The van der Waals surface area contributed by atoms with E-state index < -0.39 is 12.1 Å². The first-order valence-corrected chi connectivity index (χ1v) is 7.25. The number of benzene rings is 2. The molecular weight excluding hydrogens is 313 g/mol. The van der Waals surface area contributed by atoms with Crippen LogP contribution < -0.4 is 16.0 Å². The van der Waals surface area contributed by atoms with Crippen LogP contribution in [0, 0.1) is 5.82 Å². The van der Waals surface area contributed by atoms with E-state index in [2.05, 4.69) is 16.0 Å². The highest BCUT2D eigenvalue weighted by Crippen LogP contribution is 2.16. The number of hydrogen-bond donors (Lipinski definition) is 3. The first-order chi connectivity index (χ1) is 11.5. The summed E-state index contributed by atoms with van der Waals surface area (Å²) in [5, 5.41) is 7.90. The molecule has 0 fully saturated rings. The summed E-state index contributed by atoms with van der Waals surface area (Å²) in [5.74, 6) is -0.667. The van der Waals surface area contributed by atoms with Gasteiger partial charge in [-0.15, -0.1) is 0 Å². The SMILES string of the molecule is COC(C)C(=O)Nc1cccc(NC(=O)Nc2ccc(F)cc2)c1. The molecule has 0 aliphatic heterocycles. The van der Waals surface area contributed by atoms with Crippen molar-refractivity contribution >= 4 is 29.0 Å². The summed E-state index contributed by atoms with van der Waals surface area (Å²) < 4.78 is 17.8. The Morgan fingerprint density at radius 3 is 2.17 bits per heavy atom. The van der Waals surface area contributed by atoms with Crippen molar-refractivity contribution < 1.29 is 18.7 Å². The molecule has 126 valence electrons. The van der Waals surface area contributed by atoms with Crippen LogP contribution in [-0.4, -0.2) is 25.2 Å². The molecule has 0 heterocycles. The largest absolute Gasteiger partial charge is 0.372 e. The molecule has 7 heteroatoms. The maximum Gasteiger partial charge on any atom is 0.323 e. The van der Waals surface area contributed by atoms with Crippen LogP contribution in [0.5, 0.6) is 0 Å². The van der Waals surface area contributed by atoms with E-state index in [1.54, 1.807) is 31.2 Å². The quantitative estimate of drug-likeness (QED) is 0.785. The van der Waals surface area contributed by atoms with Gasteiger partial charge in [0.2, 0.25) is 0 Å². The van der Waals surface area contributed by atoms with Gasteiger partial charge in [0.15, 0.2) is 0 Å². The normalized spacial score (nSPS) is 11.5. The summed E-state index contributed by atoms with van der Waals surface area (Å²) in [6.07, 6.45) is -0.580. The molecule has 3 amide bonds. The second-order valence-corrected chi connectivity index (χ2v) is 5.03. The van der Waals surface area contributed by atoms with Gasteiger partial charge in [-0.2, -0.15) is 0 Å². The highest BCUT2D eigenvalue weighted by atomic mass is 19.1. The van der Waals surface area contributed by atoms with E-state index in [1.807, 2.05) is 0 Å². The number of rotatable bonds is 5. The molecule has 2 aromatic carbocycles. The van der Waals surface area contributed by atoms with E-state index in [9.17, 15) is 14.0 Å². The lowest BCUT2D eigenvalue weighted by atomic mass is 10.2. The number of anilines is 3. The summed E-state index contributed by atoms with van der Waals surface area (Å²) in [6, 6.07) is 11.6. The molecule has 0 radical (unpaired) electrons. The van der Waals surface area contributed by atoms with Gasteiger partial charge in [0, 0.05) is 24.2 Å². The lowest BCUT2D eigenvalue weighted by Gasteiger charge is -2.12. The van der Waals surface area contributed by atoms with Crippen LogP contribution in [0.4, 0.5) is 26.2 Å². The van der Waals surface area contributed by atoms with E-state index in [1.165, 1.54) is 31.4 Å². The van der Waals surface area contributed by atoms with Crippen molar-refractivity contribution in [3.05, 3.63) is 54.3 Å². The molecule has 24 heavy (non-hydrogen) atoms. The Balaban J connectivity index is 1.97. The molecule has 0 aromatic heterocycles. The molecule has 0 bridgehead atoms. The Morgan fingerprint density at radius 1 is 0.958 bits per heavy atom. The molecule has 3 N–H and O–H groups in total. The third kappa shape index (κ3) is 5.06. The molecule has 0 saturated heterocycles. The molecule has 6 nitrogen and oxygen atoms in total. The van der Waals surface area contributed by atoms with Crippen molar-refractivity contribution in [2.45, 2.75) is 13.0 Å². The van der Waals surface area contributed by atoms with Gasteiger partial charge in [-0.05, 0) is 49.4 Å². The molecule has 0 aliphatic carbocycles. The van der Waals surface area contributed by atoms with Gasteiger partial charge in [0.25, 0.3) is 5.91 Å². The summed E-state index contributed by atoms with van der Waals surface area (Å²) in [4.78, 5) is 23.7. The number of carbonyl (C=O) groups excluding carboxylic acids is 2. The highest BCUT2D eigenvalue weighted by molar-refractivity contribution is 6.00. The van der Waals surface area contributed by atoms with E-state index in [-0.39, 0.29) is 11.7 Å². The smallest absolute Gasteiger partial charge is 0.323 e. The Labute approximate surface area is 139 Å². The van der Waals surface area contributed by atoms with Crippen molar-refractivity contribution in [2.75, 3.05) is 23.1 Å². The zero-order valence-corrected chi connectivity index (χ0v) is 13.3. The van der Waals surface area contributed by atoms with Crippen molar-refractivity contribution in [1.82, 2.24) is 0 Å². The number of hydrogen-bond acceptors (Lipinski definition) is 3. The van der Waals surface area contributed by atoms with Crippen LogP contribution in [-0.2, 0) is 9.53 Å². The standard InChI is InChI=1S/C17H18FN3O3/c1-11(24-2)16(22)19-14-4-3-5-15(10-14)21-17(23)20-13-8-6-12(18)7-9-13/h3-11H,1-2H3,(H,19,22)(H2,20,21,23). The summed E-state index contributed by atoms with van der Waals surface area (Å²) >= 11 is 0. The monoisotopic (exact) mass is 331 g/mol. The second kappa shape index (κ2) is 8.07. The topological polar surface area (TPSA) is 79.5 Å². The van der Waals surface area contributed by atoms with Gasteiger partial charge in [-0.25, -0.2) is 9.18 Å². The maximum absolute atomic E-state index is 12.8. The molecule has 0 spiro atoms. The fourth-order valence-corrected chi connectivity index (χ4v) is 1.85. The van der Waals surface area contributed by atoms with Gasteiger partial charge in [-0.1, -0.05) is 6.07 Å². The zero-order valence-electron chi connectivity index (χ0n) is 13.3. The number of methoxy groups -OCH3 is 1. The molecule has 2 rings (SSSR count). The summed E-state index contributed by atoms with van der Waals surface area (Å²) in [7, 11) is 1.45. The van der Waals surface area contributed by atoms with E-state index >= 15 is 0 Å². The number of amides is 3. The van der Waals surface area contributed by atoms with Crippen LogP contribution in [0.15, 0.2) is 48.5 Å². The molecule has 1 atom stereocenters. The Hall–Kier alpha value is -2.93. The third-order valence-corrected chi connectivity index (χ3v) is 3.21. The first kappa shape index (κ1) is 17.4. The van der Waals surface area contributed by atoms with Gasteiger partial charge in [0.1, 0.15) is 11.9 Å². The number of halogens is 1. The lowest BCUT2D eigenvalue weighted by molar-refractivity contribution is -0.124. The summed E-state index contributed by atoms with van der Waals surface area (Å²) in [6.45, 7) is 1.63. The first-order valence-electron chi connectivity index (χ1n) is 7.25. The van der Waals surface area contributed by atoms with Crippen LogP contribution in [0.1, 0.15) is 6.92 Å². The van der Waals surface area contributed by atoms with Gasteiger partial charge < -0.3 is 20.7 Å². The fourth-order valence-electron chi connectivity index (χ4n) is 1.85. The lowest BCUT2D eigenvalue weighted by Crippen LogP contribution is -2.26. The minimum Gasteiger partial charge on any atom is -0.372 e. The van der Waals surface area contributed by atoms with E-state index in [4.69, 9.17) is 4.74 Å². The third-order valence-electron chi connectivity index (χ3n) is 3.21. The van der Waals surface area contributed by atoms with Crippen molar-refractivity contribution in [2.24, 2.45) is 0 Å². The number of nitrogens with one attached hydrogen (secondary N) is 3. The van der Waals surface area contributed by atoms with Crippen LogP contribution in [0.2, 0.25) is 0 Å². The van der Waals surface area contributed by atoms with Gasteiger partial charge >= 0.3 is 6.03 Å². The highest BCUT2D eigenvalue weighted by Gasteiger charge is 2.12. The molecule has 0 saturated carbocycles. The van der Waals surface area contributed by atoms with Gasteiger partial charge in [0.05, 0.1) is 0 Å². The summed E-state index contributed by atoms with van der Waals surface area (Å²) in [5.41, 5.74) is 1.49. The molecular formula is C17H18FN3O3. The van der Waals surface area contributed by atoms with Crippen molar-refractivity contribution in [1.29, 1.82) is 0 Å². The molecule has 1 unspecified atom stereocenters. The molecule has 0 aliphatic rings. The number of carbonyl (C=O) groups is 2. The maximum atomic E-state index is 12.8. The predicted molar refractivity (Wildman–Crippen MR) is 90.6 cm³/mol. The van der Waals surface area contributed by atoms with E-state index in [0.717, 1.165) is 0 Å². The Kier molecular flexibility index (Phi) is 5.86. The van der Waals surface area contributed by atoms with Crippen molar-refractivity contribution in [3.63, 3.8) is 0 Å². The van der Waals surface area contributed by atoms with Crippen molar-refractivity contribution in [3.8, 4) is 0 Å². The average Bonchev–Trinajstić information content (AvgIpc) is 2.56. The van der Waals surface area contributed by atoms with Crippen LogP contribution in [0.3, 0.4) is 0 Å². The average molecular weight is 331 g/mol. The zero-order chi connectivity index (χ0) is 17.5. The minimum atomic E-state index is -0.580. The number of ether oxygens (including phenoxy) is 1. The second-order valence-electron chi connectivity index (χ2n) is 5.03. The van der Waals surface area contributed by atoms with E-state index in [0.29, 0.717) is 17.1 Å². The Morgan fingerprint density at radius 2 is 1.54 bits per heavy atom. The van der Waals surface area contributed by atoms with Gasteiger partial charge in [-0.3, -0.25) is 4.79 Å². The Bertz CT molecular complexity index is 719.